The van der Waals surface area contributed by atoms with Crippen LogP contribution in [0.25, 0.3) is 0 Å². The summed E-state index contributed by atoms with van der Waals surface area (Å²) in [5.74, 6) is -2.09. The number of carbonyl (C=O) groups excluding carboxylic acids is 1. The zero-order valence-corrected chi connectivity index (χ0v) is 15.2. The molecule has 1 saturated carbocycles. The average Bonchev–Trinajstić information content (AvgIpc) is 2.68. The topological polar surface area (TPSA) is 20.3 Å². The van der Waals surface area contributed by atoms with Crippen molar-refractivity contribution in [2.45, 2.75) is 44.9 Å². The molecule has 1 fully saturated rings. The van der Waals surface area contributed by atoms with E-state index in [4.69, 9.17) is 0 Å². The molecule has 2 aromatic carbocycles. The first-order chi connectivity index (χ1) is 12.9. The van der Waals surface area contributed by atoms with E-state index in [1.165, 1.54) is 0 Å². The van der Waals surface area contributed by atoms with Crippen molar-refractivity contribution in [1.29, 1.82) is 0 Å². The Morgan fingerprint density at radius 1 is 0.889 bits per heavy atom. The van der Waals surface area contributed by atoms with Gasteiger partial charge in [-0.25, -0.2) is 0 Å². The van der Waals surface area contributed by atoms with Crippen LogP contribution in [0.1, 0.15) is 36.8 Å². The van der Waals surface area contributed by atoms with Crippen LogP contribution in [-0.4, -0.2) is 17.0 Å². The van der Waals surface area contributed by atoms with Gasteiger partial charge < -0.3 is 4.90 Å². The monoisotopic (exact) mass is 375 g/mol. The number of amides is 1. The van der Waals surface area contributed by atoms with Gasteiger partial charge in [-0.2, -0.15) is 13.2 Å². The van der Waals surface area contributed by atoms with Crippen molar-refractivity contribution in [2.24, 2.45) is 11.8 Å². The maximum atomic E-state index is 13.1. The summed E-state index contributed by atoms with van der Waals surface area (Å²) < 4.78 is 39.4. The van der Waals surface area contributed by atoms with Gasteiger partial charge in [0, 0.05) is 19.0 Å². The number of alkyl halides is 3. The fourth-order valence-corrected chi connectivity index (χ4v) is 3.79. The fraction of sp³-hybridized carbons (Fsp3) is 0.409. The van der Waals surface area contributed by atoms with Crippen molar-refractivity contribution >= 4 is 5.91 Å². The summed E-state index contributed by atoms with van der Waals surface area (Å²) in [4.78, 5) is 14.8. The lowest BCUT2D eigenvalue weighted by atomic mass is 9.80. The van der Waals surface area contributed by atoms with E-state index in [1.54, 1.807) is 4.90 Å². The largest absolute Gasteiger partial charge is 0.391 e. The highest BCUT2D eigenvalue weighted by molar-refractivity contribution is 5.79. The van der Waals surface area contributed by atoms with Crippen molar-refractivity contribution in [1.82, 2.24) is 4.90 Å². The van der Waals surface area contributed by atoms with Gasteiger partial charge in [0.25, 0.3) is 0 Å². The Balaban J connectivity index is 1.77. The van der Waals surface area contributed by atoms with Gasteiger partial charge in [0.1, 0.15) is 0 Å². The van der Waals surface area contributed by atoms with Crippen LogP contribution in [0.5, 0.6) is 0 Å². The van der Waals surface area contributed by atoms with Crippen LogP contribution in [0.2, 0.25) is 0 Å². The van der Waals surface area contributed by atoms with Gasteiger partial charge in [-0.15, -0.1) is 0 Å². The van der Waals surface area contributed by atoms with Crippen molar-refractivity contribution in [3.63, 3.8) is 0 Å². The highest BCUT2D eigenvalue weighted by Crippen LogP contribution is 2.40. The Morgan fingerprint density at radius 3 is 1.89 bits per heavy atom. The van der Waals surface area contributed by atoms with Crippen molar-refractivity contribution in [3.05, 3.63) is 71.8 Å². The van der Waals surface area contributed by atoms with Crippen LogP contribution >= 0.6 is 0 Å². The third kappa shape index (κ3) is 5.34. The van der Waals surface area contributed by atoms with Crippen molar-refractivity contribution in [2.75, 3.05) is 0 Å². The molecule has 27 heavy (non-hydrogen) atoms. The van der Waals surface area contributed by atoms with Crippen LogP contribution in [0, 0.1) is 11.8 Å². The molecular weight excluding hydrogens is 351 g/mol. The van der Waals surface area contributed by atoms with Crippen molar-refractivity contribution < 1.29 is 18.0 Å². The molecule has 0 bridgehead atoms. The van der Waals surface area contributed by atoms with Crippen LogP contribution in [0.3, 0.4) is 0 Å². The molecule has 1 aliphatic carbocycles. The lowest BCUT2D eigenvalue weighted by molar-refractivity contribution is -0.187. The van der Waals surface area contributed by atoms with Gasteiger partial charge >= 0.3 is 6.18 Å². The normalized spacial score (nSPS) is 20.3. The minimum atomic E-state index is -4.22. The molecule has 1 aliphatic rings. The molecule has 2 unspecified atom stereocenters. The second-order valence-electron chi connectivity index (χ2n) is 7.27. The Labute approximate surface area is 158 Å². The molecule has 0 N–H and O–H groups in total. The van der Waals surface area contributed by atoms with E-state index in [0.29, 0.717) is 25.9 Å². The van der Waals surface area contributed by atoms with Crippen LogP contribution < -0.4 is 0 Å². The molecule has 5 heteroatoms. The first kappa shape index (κ1) is 19.5. The summed E-state index contributed by atoms with van der Waals surface area (Å²) in [6, 6.07) is 19.2. The fourth-order valence-electron chi connectivity index (χ4n) is 3.79. The second-order valence-corrected chi connectivity index (χ2v) is 7.27. The molecule has 0 spiro atoms. The van der Waals surface area contributed by atoms with Gasteiger partial charge in [-0.3, -0.25) is 4.79 Å². The number of halogens is 3. The molecule has 0 radical (unpaired) electrons. The first-order valence-corrected chi connectivity index (χ1v) is 9.37. The zero-order valence-electron chi connectivity index (χ0n) is 15.2. The molecule has 0 aromatic heterocycles. The van der Waals surface area contributed by atoms with E-state index in [-0.39, 0.29) is 18.7 Å². The SMILES string of the molecule is O=C(C1CCCC(C(F)(F)F)C1)N(Cc1ccccc1)Cc1ccccc1. The average molecular weight is 375 g/mol. The predicted molar refractivity (Wildman–Crippen MR) is 98.6 cm³/mol. The maximum absolute atomic E-state index is 13.1. The van der Waals surface area contributed by atoms with Gasteiger partial charge in [0.05, 0.1) is 5.92 Å². The summed E-state index contributed by atoms with van der Waals surface area (Å²) in [6.07, 6.45) is -3.20. The number of benzene rings is 2. The molecule has 3 rings (SSSR count). The quantitative estimate of drug-likeness (QED) is 0.668. The number of rotatable bonds is 5. The first-order valence-electron chi connectivity index (χ1n) is 9.37. The second kappa shape index (κ2) is 8.59. The van der Waals surface area contributed by atoms with E-state index in [9.17, 15) is 18.0 Å². The Hall–Kier alpha value is -2.30. The van der Waals surface area contributed by atoms with Gasteiger partial charge in [-0.1, -0.05) is 67.1 Å². The summed E-state index contributed by atoms with van der Waals surface area (Å²) in [5, 5.41) is 0. The summed E-state index contributed by atoms with van der Waals surface area (Å²) >= 11 is 0. The summed E-state index contributed by atoms with van der Waals surface area (Å²) in [5.41, 5.74) is 1.95. The number of hydrogen-bond donors (Lipinski definition) is 0. The molecular formula is C22H24F3NO. The number of nitrogens with zero attached hydrogens (tertiary/aromatic N) is 1. The zero-order chi connectivity index (χ0) is 19.3. The minimum Gasteiger partial charge on any atom is -0.334 e. The molecule has 2 nitrogen and oxygen atoms in total. The predicted octanol–water partition coefficient (Wildman–Crippen LogP) is 5.58. The summed E-state index contributed by atoms with van der Waals surface area (Å²) in [6.45, 7) is 0.809. The van der Waals surface area contributed by atoms with Gasteiger partial charge in [-0.05, 0) is 30.4 Å². The molecule has 2 aromatic rings. The molecule has 0 aliphatic heterocycles. The molecule has 0 heterocycles. The standard InChI is InChI=1S/C22H24F3NO/c23-22(24,25)20-13-7-12-19(14-20)21(27)26(15-17-8-3-1-4-9-17)16-18-10-5-2-6-11-18/h1-6,8-11,19-20H,7,12-16H2. The number of carbonyl (C=O) groups is 1. The highest BCUT2D eigenvalue weighted by Gasteiger charge is 2.44. The van der Waals surface area contributed by atoms with Crippen LogP contribution in [-0.2, 0) is 17.9 Å². The van der Waals surface area contributed by atoms with E-state index in [1.807, 2.05) is 60.7 Å². The van der Waals surface area contributed by atoms with E-state index in [2.05, 4.69) is 0 Å². The van der Waals surface area contributed by atoms with Gasteiger partial charge in [0.15, 0.2) is 0 Å². The minimum absolute atomic E-state index is 0.0948. The lowest BCUT2D eigenvalue weighted by Crippen LogP contribution is -2.39. The molecule has 0 saturated heterocycles. The van der Waals surface area contributed by atoms with E-state index < -0.39 is 18.0 Å². The van der Waals surface area contributed by atoms with E-state index in [0.717, 1.165) is 11.1 Å². The smallest absolute Gasteiger partial charge is 0.334 e. The Bertz CT molecular complexity index is 689. The van der Waals surface area contributed by atoms with Crippen molar-refractivity contribution in [3.8, 4) is 0 Å². The third-order valence-electron chi connectivity index (χ3n) is 5.23. The number of hydrogen-bond acceptors (Lipinski definition) is 1. The third-order valence-corrected chi connectivity index (χ3v) is 5.23. The maximum Gasteiger partial charge on any atom is 0.391 e. The summed E-state index contributed by atoms with van der Waals surface area (Å²) in [7, 11) is 0. The Morgan fingerprint density at radius 2 is 1.41 bits per heavy atom. The molecule has 1 amide bonds. The van der Waals surface area contributed by atoms with Crippen LogP contribution in [0.15, 0.2) is 60.7 Å². The lowest BCUT2D eigenvalue weighted by Gasteiger charge is -2.33. The van der Waals surface area contributed by atoms with Gasteiger partial charge in [0.2, 0.25) is 5.91 Å². The highest BCUT2D eigenvalue weighted by atomic mass is 19.4. The molecule has 144 valence electrons. The van der Waals surface area contributed by atoms with Crippen LogP contribution in [0.4, 0.5) is 13.2 Å². The van der Waals surface area contributed by atoms with E-state index >= 15 is 0 Å². The Kier molecular flexibility index (Phi) is 6.19. The molecule has 2 atom stereocenters.